The van der Waals surface area contributed by atoms with E-state index in [1.807, 2.05) is 0 Å². The van der Waals surface area contributed by atoms with E-state index in [1.165, 1.54) is 0 Å². The fraction of sp³-hybridized carbons (Fsp3) is 0.900. The van der Waals surface area contributed by atoms with Gasteiger partial charge in [-0.2, -0.15) is 0 Å². The van der Waals surface area contributed by atoms with Crippen molar-refractivity contribution < 1.29 is 9.90 Å². The second kappa shape index (κ2) is 5.98. The van der Waals surface area contributed by atoms with Gasteiger partial charge in [-0.05, 0) is 38.6 Å². The first-order chi connectivity index (χ1) is 6.74. The molecule has 0 heterocycles. The molecule has 0 spiro atoms. The Hall–Kier alpha value is -0.610. The predicted molar refractivity (Wildman–Crippen MR) is 54.6 cm³/mol. The van der Waals surface area contributed by atoms with E-state index in [0.717, 1.165) is 32.1 Å². The average Bonchev–Trinajstić information content (AvgIpc) is 2.19. The molecule has 14 heavy (non-hydrogen) atoms. The summed E-state index contributed by atoms with van der Waals surface area (Å²) in [6, 6.07) is 0. The second-order valence-corrected chi connectivity index (χ2v) is 3.94. The van der Waals surface area contributed by atoms with Crippen molar-refractivity contribution >= 4 is 5.91 Å². The van der Waals surface area contributed by atoms with Crippen molar-refractivity contribution in [1.82, 2.24) is 5.32 Å². The van der Waals surface area contributed by atoms with Crippen molar-refractivity contribution in [3.8, 4) is 0 Å². The van der Waals surface area contributed by atoms with Gasteiger partial charge < -0.3 is 16.2 Å². The highest BCUT2D eigenvalue weighted by molar-refractivity contribution is 5.78. The lowest BCUT2D eigenvalue weighted by Crippen LogP contribution is -2.35. The molecule has 0 aromatic carbocycles. The fourth-order valence-corrected chi connectivity index (χ4v) is 1.80. The maximum absolute atomic E-state index is 11.5. The van der Waals surface area contributed by atoms with Gasteiger partial charge in [-0.25, -0.2) is 0 Å². The Morgan fingerprint density at radius 1 is 1.36 bits per heavy atom. The van der Waals surface area contributed by atoms with Crippen LogP contribution < -0.4 is 11.1 Å². The van der Waals surface area contributed by atoms with Gasteiger partial charge in [0.2, 0.25) is 5.91 Å². The minimum atomic E-state index is -0.192. The van der Waals surface area contributed by atoms with Crippen molar-refractivity contribution in [2.24, 2.45) is 11.7 Å². The lowest BCUT2D eigenvalue weighted by molar-refractivity contribution is -0.126. The summed E-state index contributed by atoms with van der Waals surface area (Å²) in [5.41, 5.74) is 5.33. The van der Waals surface area contributed by atoms with Gasteiger partial charge in [-0.1, -0.05) is 0 Å². The minimum Gasteiger partial charge on any atom is -0.393 e. The van der Waals surface area contributed by atoms with Gasteiger partial charge in [0.15, 0.2) is 0 Å². The van der Waals surface area contributed by atoms with Crippen LogP contribution in [0.3, 0.4) is 0 Å². The van der Waals surface area contributed by atoms with Crippen molar-refractivity contribution in [2.45, 2.75) is 38.2 Å². The summed E-state index contributed by atoms with van der Waals surface area (Å²) in [5, 5.41) is 12.1. The number of aliphatic hydroxyl groups excluding tert-OH is 1. The van der Waals surface area contributed by atoms with Gasteiger partial charge in [0.25, 0.3) is 0 Å². The van der Waals surface area contributed by atoms with Gasteiger partial charge in [0, 0.05) is 12.5 Å². The van der Waals surface area contributed by atoms with Crippen LogP contribution in [0, 0.1) is 5.92 Å². The number of rotatable bonds is 4. The molecule has 1 aliphatic rings. The summed E-state index contributed by atoms with van der Waals surface area (Å²) in [5.74, 6) is 0.238. The summed E-state index contributed by atoms with van der Waals surface area (Å²) >= 11 is 0. The monoisotopic (exact) mass is 200 g/mol. The quantitative estimate of drug-likeness (QED) is 0.559. The van der Waals surface area contributed by atoms with Crippen molar-refractivity contribution in [2.75, 3.05) is 13.1 Å². The van der Waals surface area contributed by atoms with E-state index in [1.54, 1.807) is 0 Å². The van der Waals surface area contributed by atoms with Gasteiger partial charge in [-0.15, -0.1) is 0 Å². The Kier molecular flexibility index (Phi) is 4.90. The third-order valence-electron chi connectivity index (χ3n) is 2.75. The van der Waals surface area contributed by atoms with Gasteiger partial charge in [0.1, 0.15) is 0 Å². The standard InChI is InChI=1S/C10H20N2O2/c11-6-1-7-12-10(14)8-2-4-9(13)5-3-8/h8-9,13H,1-7,11H2,(H,12,14)/t8-,9+. The summed E-state index contributed by atoms with van der Waals surface area (Å²) in [7, 11) is 0. The molecule has 0 aromatic heterocycles. The Balaban J connectivity index is 2.17. The van der Waals surface area contributed by atoms with Crippen LogP contribution in [0.25, 0.3) is 0 Å². The molecule has 0 unspecified atom stereocenters. The van der Waals surface area contributed by atoms with E-state index >= 15 is 0 Å². The van der Waals surface area contributed by atoms with E-state index in [0.29, 0.717) is 13.1 Å². The van der Waals surface area contributed by atoms with E-state index in [-0.39, 0.29) is 17.9 Å². The number of carbonyl (C=O) groups is 1. The molecule has 0 saturated heterocycles. The second-order valence-electron chi connectivity index (χ2n) is 3.94. The summed E-state index contributed by atoms with van der Waals surface area (Å²) in [6.45, 7) is 1.29. The molecule has 1 rings (SSSR count). The van der Waals surface area contributed by atoms with E-state index < -0.39 is 0 Å². The van der Waals surface area contributed by atoms with Crippen LogP contribution in [0.15, 0.2) is 0 Å². The van der Waals surface area contributed by atoms with E-state index in [2.05, 4.69) is 5.32 Å². The SMILES string of the molecule is NCCCNC(=O)[C@H]1CC[C@@H](O)CC1. The number of hydrogen-bond donors (Lipinski definition) is 3. The Bertz CT molecular complexity index is 177. The van der Waals surface area contributed by atoms with Crippen LogP contribution in [0.2, 0.25) is 0 Å². The molecule has 4 nitrogen and oxygen atoms in total. The van der Waals surface area contributed by atoms with Crippen LogP contribution in [-0.4, -0.2) is 30.2 Å². The predicted octanol–water partition coefficient (Wildman–Crippen LogP) is 0.00250. The molecule has 82 valence electrons. The first kappa shape index (κ1) is 11.5. The Morgan fingerprint density at radius 2 is 2.00 bits per heavy atom. The van der Waals surface area contributed by atoms with E-state index in [9.17, 15) is 9.90 Å². The number of nitrogens with one attached hydrogen (secondary N) is 1. The zero-order chi connectivity index (χ0) is 10.4. The maximum Gasteiger partial charge on any atom is 0.223 e. The van der Waals surface area contributed by atoms with Crippen LogP contribution in [-0.2, 0) is 4.79 Å². The van der Waals surface area contributed by atoms with Gasteiger partial charge in [-0.3, -0.25) is 4.79 Å². The van der Waals surface area contributed by atoms with Crippen molar-refractivity contribution in [3.63, 3.8) is 0 Å². The fourth-order valence-electron chi connectivity index (χ4n) is 1.80. The number of aliphatic hydroxyl groups is 1. The molecule has 0 aliphatic heterocycles. The van der Waals surface area contributed by atoms with Gasteiger partial charge >= 0.3 is 0 Å². The molecule has 1 amide bonds. The third kappa shape index (κ3) is 3.64. The molecule has 0 atom stereocenters. The van der Waals surface area contributed by atoms with E-state index in [4.69, 9.17) is 5.73 Å². The largest absolute Gasteiger partial charge is 0.393 e. The zero-order valence-corrected chi connectivity index (χ0v) is 8.54. The molecule has 0 radical (unpaired) electrons. The smallest absolute Gasteiger partial charge is 0.223 e. The summed E-state index contributed by atoms with van der Waals surface area (Å²) in [4.78, 5) is 11.5. The average molecular weight is 200 g/mol. The normalized spacial score (nSPS) is 27.3. The first-order valence-electron chi connectivity index (χ1n) is 5.40. The molecule has 0 bridgehead atoms. The number of carbonyl (C=O) groups excluding carboxylic acids is 1. The molecule has 4 N–H and O–H groups in total. The molecular formula is C10H20N2O2. The molecular weight excluding hydrogens is 180 g/mol. The lowest BCUT2D eigenvalue weighted by atomic mass is 9.87. The van der Waals surface area contributed by atoms with Crippen LogP contribution in [0.4, 0.5) is 0 Å². The molecule has 1 aliphatic carbocycles. The number of nitrogens with two attached hydrogens (primary N) is 1. The lowest BCUT2D eigenvalue weighted by Gasteiger charge is -2.24. The number of hydrogen-bond acceptors (Lipinski definition) is 3. The summed E-state index contributed by atoms with van der Waals surface area (Å²) < 4.78 is 0. The van der Waals surface area contributed by atoms with Crippen LogP contribution in [0.1, 0.15) is 32.1 Å². The highest BCUT2D eigenvalue weighted by atomic mass is 16.3. The minimum absolute atomic E-state index is 0.108. The molecule has 1 saturated carbocycles. The number of amides is 1. The van der Waals surface area contributed by atoms with Crippen molar-refractivity contribution in [3.05, 3.63) is 0 Å². The van der Waals surface area contributed by atoms with Crippen LogP contribution in [0.5, 0.6) is 0 Å². The molecule has 1 fully saturated rings. The molecule has 4 heteroatoms. The van der Waals surface area contributed by atoms with Crippen molar-refractivity contribution in [1.29, 1.82) is 0 Å². The van der Waals surface area contributed by atoms with Gasteiger partial charge in [0.05, 0.1) is 6.10 Å². The Morgan fingerprint density at radius 3 is 2.57 bits per heavy atom. The highest BCUT2D eigenvalue weighted by Crippen LogP contribution is 2.23. The summed E-state index contributed by atoms with van der Waals surface area (Å²) in [6.07, 6.45) is 3.79. The topological polar surface area (TPSA) is 75.3 Å². The third-order valence-corrected chi connectivity index (χ3v) is 2.75. The Labute approximate surface area is 84.9 Å². The highest BCUT2D eigenvalue weighted by Gasteiger charge is 2.24. The first-order valence-corrected chi connectivity index (χ1v) is 5.40. The molecule has 0 aromatic rings. The zero-order valence-electron chi connectivity index (χ0n) is 8.54. The van der Waals surface area contributed by atoms with Crippen LogP contribution >= 0.6 is 0 Å². The maximum atomic E-state index is 11.5.